The topological polar surface area (TPSA) is 29.1 Å². The van der Waals surface area contributed by atoms with Crippen LogP contribution in [0.3, 0.4) is 0 Å². The lowest BCUT2D eigenvalue weighted by Gasteiger charge is -2.37. The maximum atomic E-state index is 11.8. The number of hydrogen-bond donors (Lipinski definition) is 1. The quantitative estimate of drug-likeness (QED) is 0.759. The molecule has 0 saturated heterocycles. The molecule has 15 heavy (non-hydrogen) atoms. The van der Waals surface area contributed by atoms with E-state index in [0.717, 1.165) is 6.42 Å². The Bertz CT molecular complexity index is 205. The van der Waals surface area contributed by atoms with Crippen LogP contribution < -0.4 is 5.32 Å². The van der Waals surface area contributed by atoms with Gasteiger partial charge in [0.05, 0.1) is 0 Å². The van der Waals surface area contributed by atoms with Gasteiger partial charge in [0.1, 0.15) is 0 Å². The van der Waals surface area contributed by atoms with Gasteiger partial charge in [-0.05, 0) is 25.2 Å². The van der Waals surface area contributed by atoms with Crippen LogP contribution in [0.25, 0.3) is 0 Å². The van der Waals surface area contributed by atoms with E-state index in [1.165, 1.54) is 32.1 Å². The molecule has 1 rings (SSSR count). The van der Waals surface area contributed by atoms with Gasteiger partial charge in [-0.15, -0.1) is 0 Å². The van der Waals surface area contributed by atoms with Crippen LogP contribution in [0.4, 0.5) is 0 Å². The summed E-state index contributed by atoms with van der Waals surface area (Å²) in [5.41, 5.74) is 0.129. The van der Waals surface area contributed by atoms with Crippen molar-refractivity contribution >= 4 is 5.91 Å². The van der Waals surface area contributed by atoms with Crippen molar-refractivity contribution in [1.29, 1.82) is 0 Å². The summed E-state index contributed by atoms with van der Waals surface area (Å²) in [5, 5.41) is 3.27. The minimum Gasteiger partial charge on any atom is -0.351 e. The minimum absolute atomic E-state index is 0.129. The Balaban J connectivity index is 2.47. The summed E-state index contributed by atoms with van der Waals surface area (Å²) in [6.07, 6.45) is 7.98. The molecule has 0 aromatic heterocycles. The lowest BCUT2D eigenvalue weighted by atomic mass is 9.79. The summed E-state index contributed by atoms with van der Waals surface area (Å²) in [5.74, 6) is 0.705. The Labute approximate surface area is 93.8 Å². The lowest BCUT2D eigenvalue weighted by Crippen LogP contribution is -2.49. The number of rotatable bonds is 4. The summed E-state index contributed by atoms with van der Waals surface area (Å²) in [6.45, 7) is 6.39. The zero-order valence-corrected chi connectivity index (χ0v) is 10.4. The van der Waals surface area contributed by atoms with Crippen molar-refractivity contribution < 1.29 is 4.79 Å². The van der Waals surface area contributed by atoms with Crippen LogP contribution in [0.15, 0.2) is 0 Å². The second kappa shape index (κ2) is 5.53. The average Bonchev–Trinajstić information content (AvgIpc) is 2.17. The molecule has 0 heterocycles. The van der Waals surface area contributed by atoms with E-state index in [4.69, 9.17) is 0 Å². The summed E-state index contributed by atoms with van der Waals surface area (Å²) < 4.78 is 0. The highest BCUT2D eigenvalue weighted by Gasteiger charge is 2.31. The first-order chi connectivity index (χ1) is 7.08. The number of amides is 1. The highest BCUT2D eigenvalue weighted by atomic mass is 16.1. The van der Waals surface area contributed by atoms with E-state index in [0.29, 0.717) is 12.3 Å². The van der Waals surface area contributed by atoms with Crippen molar-refractivity contribution in [2.75, 3.05) is 0 Å². The molecule has 1 N–H and O–H groups in total. The monoisotopic (exact) mass is 211 g/mol. The van der Waals surface area contributed by atoms with Crippen LogP contribution in [0, 0.1) is 5.92 Å². The molecule has 1 aliphatic rings. The first-order valence-electron chi connectivity index (χ1n) is 6.39. The van der Waals surface area contributed by atoms with Gasteiger partial charge in [-0.25, -0.2) is 0 Å². The van der Waals surface area contributed by atoms with Crippen LogP contribution in [-0.4, -0.2) is 11.4 Å². The van der Waals surface area contributed by atoms with E-state index in [9.17, 15) is 4.79 Å². The summed E-state index contributed by atoms with van der Waals surface area (Å²) in [6, 6.07) is 0. The lowest BCUT2D eigenvalue weighted by molar-refractivity contribution is -0.124. The van der Waals surface area contributed by atoms with Crippen LogP contribution in [0.5, 0.6) is 0 Å². The smallest absolute Gasteiger partial charge is 0.220 e. The normalized spacial score (nSPS) is 20.3. The summed E-state index contributed by atoms with van der Waals surface area (Å²) >= 11 is 0. The molecule has 1 aliphatic carbocycles. The molecule has 1 fully saturated rings. The van der Waals surface area contributed by atoms with E-state index in [2.05, 4.69) is 26.1 Å². The highest BCUT2D eigenvalue weighted by Crippen LogP contribution is 2.30. The van der Waals surface area contributed by atoms with Crippen LogP contribution in [0.1, 0.15) is 65.7 Å². The van der Waals surface area contributed by atoms with E-state index in [1.807, 2.05) is 0 Å². The first-order valence-corrected chi connectivity index (χ1v) is 6.39. The van der Waals surface area contributed by atoms with Crippen molar-refractivity contribution in [2.24, 2.45) is 5.92 Å². The van der Waals surface area contributed by atoms with Crippen molar-refractivity contribution in [2.45, 2.75) is 71.3 Å². The van der Waals surface area contributed by atoms with Crippen molar-refractivity contribution in [3.05, 3.63) is 0 Å². The zero-order chi connectivity index (χ0) is 11.3. The third-order valence-electron chi connectivity index (χ3n) is 3.49. The van der Waals surface area contributed by atoms with Gasteiger partial charge in [0.15, 0.2) is 0 Å². The second-order valence-corrected chi connectivity index (χ2v) is 5.34. The predicted molar refractivity (Wildman–Crippen MR) is 63.7 cm³/mol. The SMILES string of the molecule is CCC1(NC(=O)CC(C)C)CCCCC1. The fourth-order valence-electron chi connectivity index (χ4n) is 2.51. The van der Waals surface area contributed by atoms with Gasteiger partial charge in [0, 0.05) is 12.0 Å². The standard InChI is InChI=1S/C13H25NO/c1-4-13(8-6-5-7-9-13)14-12(15)10-11(2)3/h11H,4-10H2,1-3H3,(H,14,15). The molecule has 0 unspecified atom stereocenters. The first kappa shape index (κ1) is 12.5. The molecule has 0 aromatic rings. The molecule has 1 amide bonds. The average molecular weight is 211 g/mol. The molecule has 0 spiro atoms. The van der Waals surface area contributed by atoms with Gasteiger partial charge < -0.3 is 5.32 Å². The summed E-state index contributed by atoms with van der Waals surface area (Å²) in [7, 11) is 0. The number of hydrogen-bond acceptors (Lipinski definition) is 1. The molecule has 0 aliphatic heterocycles. The number of carbonyl (C=O) groups excluding carboxylic acids is 1. The third-order valence-corrected chi connectivity index (χ3v) is 3.49. The number of carbonyl (C=O) groups is 1. The fraction of sp³-hybridized carbons (Fsp3) is 0.923. The van der Waals surface area contributed by atoms with E-state index >= 15 is 0 Å². The largest absolute Gasteiger partial charge is 0.351 e. The minimum atomic E-state index is 0.129. The Kier molecular flexibility index (Phi) is 4.62. The number of nitrogens with one attached hydrogen (secondary N) is 1. The van der Waals surface area contributed by atoms with E-state index in [1.54, 1.807) is 0 Å². The van der Waals surface area contributed by atoms with Gasteiger partial charge in [0.2, 0.25) is 5.91 Å². The van der Waals surface area contributed by atoms with E-state index < -0.39 is 0 Å². The zero-order valence-electron chi connectivity index (χ0n) is 10.4. The maximum absolute atomic E-state index is 11.8. The molecule has 0 radical (unpaired) electrons. The van der Waals surface area contributed by atoms with Gasteiger partial charge in [-0.1, -0.05) is 40.0 Å². The molecule has 1 saturated carbocycles. The molecular formula is C13H25NO. The summed E-state index contributed by atoms with van der Waals surface area (Å²) in [4.78, 5) is 11.8. The van der Waals surface area contributed by atoms with Crippen LogP contribution >= 0.6 is 0 Å². The van der Waals surface area contributed by atoms with Gasteiger partial charge >= 0.3 is 0 Å². The van der Waals surface area contributed by atoms with Gasteiger partial charge in [-0.3, -0.25) is 4.79 Å². The van der Waals surface area contributed by atoms with Crippen molar-refractivity contribution in [3.63, 3.8) is 0 Å². The molecule has 0 bridgehead atoms. The molecule has 2 heteroatoms. The van der Waals surface area contributed by atoms with Crippen molar-refractivity contribution in [3.8, 4) is 0 Å². The maximum Gasteiger partial charge on any atom is 0.220 e. The predicted octanol–water partition coefficient (Wildman–Crippen LogP) is 3.26. The Morgan fingerprint density at radius 2 is 1.87 bits per heavy atom. The highest BCUT2D eigenvalue weighted by molar-refractivity contribution is 5.77. The molecule has 0 aromatic carbocycles. The Morgan fingerprint density at radius 1 is 1.27 bits per heavy atom. The second-order valence-electron chi connectivity index (χ2n) is 5.34. The van der Waals surface area contributed by atoms with E-state index in [-0.39, 0.29) is 11.4 Å². The third kappa shape index (κ3) is 3.84. The van der Waals surface area contributed by atoms with Crippen LogP contribution in [0.2, 0.25) is 0 Å². The Hall–Kier alpha value is -0.530. The fourth-order valence-corrected chi connectivity index (χ4v) is 2.51. The van der Waals surface area contributed by atoms with Gasteiger partial charge in [0.25, 0.3) is 0 Å². The molecule has 2 nitrogen and oxygen atoms in total. The van der Waals surface area contributed by atoms with Crippen molar-refractivity contribution in [1.82, 2.24) is 5.32 Å². The molecule has 0 atom stereocenters. The molecular weight excluding hydrogens is 186 g/mol. The molecule has 88 valence electrons. The Morgan fingerprint density at radius 3 is 2.33 bits per heavy atom. The van der Waals surface area contributed by atoms with Gasteiger partial charge in [-0.2, -0.15) is 0 Å². The van der Waals surface area contributed by atoms with Crippen LogP contribution in [-0.2, 0) is 4.79 Å².